The van der Waals surface area contributed by atoms with Gasteiger partial charge in [0.05, 0.1) is 6.61 Å². The molecule has 13 heavy (non-hydrogen) atoms. The first-order valence-electron chi connectivity index (χ1n) is 3.51. The van der Waals surface area contributed by atoms with Crippen LogP contribution in [-0.4, -0.2) is 13.0 Å². The maximum atomic E-state index is 12.1. The van der Waals surface area contributed by atoms with Crippen LogP contribution in [-0.2, 0) is 12.8 Å². The van der Waals surface area contributed by atoms with Gasteiger partial charge in [-0.25, -0.2) is 0 Å². The summed E-state index contributed by atoms with van der Waals surface area (Å²) in [6, 6.07) is 3.17. The average Bonchev–Trinajstić information content (AvgIpc) is 2.01. The van der Waals surface area contributed by atoms with Gasteiger partial charge in [0.2, 0.25) is 0 Å². The Morgan fingerprint density at radius 1 is 1.31 bits per heavy atom. The van der Waals surface area contributed by atoms with Crippen LogP contribution in [0.5, 0.6) is 0 Å². The molecule has 0 aromatic heterocycles. The highest BCUT2D eigenvalue weighted by Gasteiger charge is 2.31. The molecule has 5 heteroatoms. The predicted molar refractivity (Wildman–Crippen MR) is 42.8 cm³/mol. The molecule has 0 heterocycles. The van der Waals surface area contributed by atoms with E-state index in [1.165, 1.54) is 6.07 Å². The molecule has 0 amide bonds. The van der Waals surface area contributed by atoms with Gasteiger partial charge in [0.15, 0.2) is 0 Å². The molecule has 0 saturated carbocycles. The first kappa shape index (κ1) is 10.1. The number of rotatable bonds is 1. The number of hydrogen-bond acceptors (Lipinski definition) is 1. The molecule has 1 aromatic carbocycles. The van der Waals surface area contributed by atoms with Crippen molar-refractivity contribution in [2.45, 2.75) is 12.8 Å². The predicted octanol–water partition coefficient (Wildman–Crippen LogP) is 0.992. The molecular formula is C8H6BF3O. The molecule has 0 unspecified atom stereocenters. The zero-order valence-corrected chi connectivity index (χ0v) is 6.60. The standard InChI is InChI=1S/C8H6BF3O/c9-7-3-5(4-13)1-2-6(7)8(10,11)12/h1-3,13H,4H2. The van der Waals surface area contributed by atoms with Crippen molar-refractivity contribution in [2.24, 2.45) is 0 Å². The molecule has 2 radical (unpaired) electrons. The second kappa shape index (κ2) is 3.42. The Bertz CT molecular complexity index is 309. The third-order valence-corrected chi connectivity index (χ3v) is 1.60. The Kier molecular flexibility index (Phi) is 2.66. The summed E-state index contributed by atoms with van der Waals surface area (Å²) in [5, 5.41) is 8.62. The van der Waals surface area contributed by atoms with Crippen LogP contribution >= 0.6 is 0 Å². The molecular weight excluding hydrogens is 180 g/mol. The van der Waals surface area contributed by atoms with E-state index in [0.717, 1.165) is 12.1 Å². The molecule has 0 atom stereocenters. The second-order valence-corrected chi connectivity index (χ2v) is 2.58. The Morgan fingerprint density at radius 3 is 2.31 bits per heavy atom. The van der Waals surface area contributed by atoms with Gasteiger partial charge in [0.25, 0.3) is 0 Å². The number of aliphatic hydroxyl groups excluding tert-OH is 1. The van der Waals surface area contributed by atoms with E-state index < -0.39 is 11.7 Å². The van der Waals surface area contributed by atoms with E-state index in [0.29, 0.717) is 5.56 Å². The molecule has 1 rings (SSSR count). The van der Waals surface area contributed by atoms with Crippen molar-refractivity contribution in [3.8, 4) is 0 Å². The van der Waals surface area contributed by atoms with Gasteiger partial charge < -0.3 is 5.11 Å². The van der Waals surface area contributed by atoms with Gasteiger partial charge >= 0.3 is 6.18 Å². The smallest absolute Gasteiger partial charge is 0.392 e. The lowest BCUT2D eigenvalue weighted by atomic mass is 9.89. The van der Waals surface area contributed by atoms with E-state index in [-0.39, 0.29) is 12.1 Å². The summed E-state index contributed by atoms with van der Waals surface area (Å²) in [4.78, 5) is 0. The van der Waals surface area contributed by atoms with Crippen molar-refractivity contribution < 1.29 is 18.3 Å². The van der Waals surface area contributed by atoms with Crippen LogP contribution in [0.1, 0.15) is 11.1 Å². The van der Waals surface area contributed by atoms with Crippen LogP contribution < -0.4 is 5.46 Å². The first-order chi connectivity index (χ1) is 5.95. The number of alkyl halides is 3. The maximum absolute atomic E-state index is 12.1. The van der Waals surface area contributed by atoms with Gasteiger partial charge in [0.1, 0.15) is 7.85 Å². The van der Waals surface area contributed by atoms with Crippen LogP contribution in [0.15, 0.2) is 18.2 Å². The molecule has 0 fully saturated rings. The molecule has 0 aliphatic rings. The van der Waals surface area contributed by atoms with Gasteiger partial charge in [-0.3, -0.25) is 0 Å². The highest BCUT2D eigenvalue weighted by molar-refractivity contribution is 6.33. The summed E-state index contributed by atoms with van der Waals surface area (Å²) in [6.45, 7) is -0.317. The molecule has 0 aliphatic heterocycles. The third kappa shape index (κ3) is 2.24. The minimum Gasteiger partial charge on any atom is -0.392 e. The molecule has 1 N–H and O–H groups in total. The lowest BCUT2D eigenvalue weighted by molar-refractivity contribution is -0.136. The van der Waals surface area contributed by atoms with Crippen molar-refractivity contribution in [3.05, 3.63) is 29.3 Å². The van der Waals surface area contributed by atoms with E-state index in [1.807, 2.05) is 0 Å². The van der Waals surface area contributed by atoms with E-state index in [2.05, 4.69) is 0 Å². The minimum atomic E-state index is -4.43. The fourth-order valence-corrected chi connectivity index (χ4v) is 0.969. The molecule has 0 aliphatic carbocycles. The first-order valence-corrected chi connectivity index (χ1v) is 3.51. The maximum Gasteiger partial charge on any atom is 0.415 e. The van der Waals surface area contributed by atoms with E-state index in [9.17, 15) is 13.2 Å². The number of halogens is 3. The SMILES string of the molecule is [B]c1cc(CO)ccc1C(F)(F)F. The summed E-state index contributed by atoms with van der Waals surface area (Å²) in [5.41, 5.74) is -0.866. The number of aliphatic hydroxyl groups is 1. The Labute approximate surface area is 74.6 Å². The van der Waals surface area contributed by atoms with Crippen LogP contribution in [0.2, 0.25) is 0 Å². The minimum absolute atomic E-state index is 0.317. The third-order valence-electron chi connectivity index (χ3n) is 1.60. The summed E-state index contributed by atoms with van der Waals surface area (Å²) >= 11 is 0. The molecule has 68 valence electrons. The fourth-order valence-electron chi connectivity index (χ4n) is 0.969. The highest BCUT2D eigenvalue weighted by Crippen LogP contribution is 2.27. The van der Waals surface area contributed by atoms with Gasteiger partial charge in [-0.2, -0.15) is 13.2 Å². The van der Waals surface area contributed by atoms with Gasteiger partial charge in [-0.15, -0.1) is 0 Å². The summed E-state index contributed by atoms with van der Waals surface area (Å²) < 4.78 is 36.4. The van der Waals surface area contributed by atoms with Gasteiger partial charge in [0, 0.05) is 5.56 Å². The Balaban J connectivity index is 3.13. The molecule has 1 aromatic rings. The fraction of sp³-hybridized carbons (Fsp3) is 0.250. The summed E-state index contributed by atoms with van der Waals surface area (Å²) in [5.74, 6) is 0. The Hall–Kier alpha value is -0.965. The molecule has 1 nitrogen and oxygen atoms in total. The van der Waals surface area contributed by atoms with Gasteiger partial charge in [-0.05, 0) is 5.56 Å². The van der Waals surface area contributed by atoms with E-state index in [1.54, 1.807) is 0 Å². The average molecular weight is 186 g/mol. The van der Waals surface area contributed by atoms with Crippen LogP contribution in [0.25, 0.3) is 0 Å². The lowest BCUT2D eigenvalue weighted by Crippen LogP contribution is -2.20. The second-order valence-electron chi connectivity index (χ2n) is 2.58. The van der Waals surface area contributed by atoms with Crippen LogP contribution in [0.4, 0.5) is 13.2 Å². The van der Waals surface area contributed by atoms with E-state index in [4.69, 9.17) is 13.0 Å². The molecule has 0 bridgehead atoms. The summed E-state index contributed by atoms with van der Waals surface area (Å²) in [7, 11) is 5.15. The van der Waals surface area contributed by atoms with Crippen LogP contribution in [0, 0.1) is 0 Å². The topological polar surface area (TPSA) is 20.2 Å². The molecule has 0 spiro atoms. The number of benzene rings is 1. The monoisotopic (exact) mass is 186 g/mol. The van der Waals surface area contributed by atoms with Crippen molar-refractivity contribution in [1.82, 2.24) is 0 Å². The van der Waals surface area contributed by atoms with E-state index >= 15 is 0 Å². The quantitative estimate of drug-likeness (QED) is 0.648. The van der Waals surface area contributed by atoms with Crippen molar-refractivity contribution >= 4 is 13.3 Å². The van der Waals surface area contributed by atoms with Crippen LogP contribution in [0.3, 0.4) is 0 Å². The highest BCUT2D eigenvalue weighted by atomic mass is 19.4. The molecule has 0 saturated heterocycles. The Morgan fingerprint density at radius 2 is 1.92 bits per heavy atom. The zero-order chi connectivity index (χ0) is 10.1. The van der Waals surface area contributed by atoms with Crippen molar-refractivity contribution in [2.75, 3.05) is 0 Å². The lowest BCUT2D eigenvalue weighted by Gasteiger charge is -2.10. The summed E-state index contributed by atoms with van der Waals surface area (Å²) in [6.07, 6.45) is -4.43. The normalized spacial score (nSPS) is 11.7. The number of hydrogen-bond donors (Lipinski definition) is 1. The van der Waals surface area contributed by atoms with Crippen molar-refractivity contribution in [3.63, 3.8) is 0 Å². The van der Waals surface area contributed by atoms with Crippen molar-refractivity contribution in [1.29, 1.82) is 0 Å². The zero-order valence-electron chi connectivity index (χ0n) is 6.60. The largest absolute Gasteiger partial charge is 0.415 e. The van der Waals surface area contributed by atoms with Gasteiger partial charge in [-0.1, -0.05) is 23.7 Å².